The van der Waals surface area contributed by atoms with Crippen LogP contribution in [-0.4, -0.2) is 15.0 Å². The molecule has 0 spiro atoms. The van der Waals surface area contributed by atoms with Crippen LogP contribution in [0.2, 0.25) is 0 Å². The Morgan fingerprint density at radius 3 is 1.74 bits per heavy atom. The zero-order valence-corrected chi connectivity index (χ0v) is 38.0. The van der Waals surface area contributed by atoms with E-state index in [2.05, 4.69) is 206 Å². The topological polar surface area (TPSA) is 51.8 Å². The number of hydrogen-bond acceptors (Lipinski definition) is 5. The first-order chi connectivity index (χ1) is 34.2. The number of furan rings is 1. The van der Waals surface area contributed by atoms with Crippen LogP contribution in [0.15, 0.2) is 241 Å². The highest BCUT2D eigenvalue weighted by atomic mass is 32.1. The van der Waals surface area contributed by atoms with Crippen molar-refractivity contribution in [3.63, 3.8) is 0 Å². The van der Waals surface area contributed by atoms with Crippen LogP contribution in [0.4, 0.5) is 0 Å². The Kier molecular flexibility index (Phi) is 8.95. The quantitative estimate of drug-likeness (QED) is 0.160. The third-order valence-corrected chi connectivity index (χ3v) is 15.3. The van der Waals surface area contributed by atoms with Crippen LogP contribution in [0.1, 0.15) is 22.3 Å². The first-order valence-electron chi connectivity index (χ1n) is 23.3. The number of thiophene rings is 1. The van der Waals surface area contributed by atoms with Gasteiger partial charge in [-0.25, -0.2) is 15.0 Å². The fourth-order valence-corrected chi connectivity index (χ4v) is 12.3. The second-order valence-electron chi connectivity index (χ2n) is 17.8. The Bertz CT molecular complexity index is 4100. The number of rotatable bonds is 7. The summed E-state index contributed by atoms with van der Waals surface area (Å²) in [6.45, 7) is 0. The predicted octanol–water partition coefficient (Wildman–Crippen LogP) is 16.8. The second-order valence-corrected chi connectivity index (χ2v) is 18.8. The maximum absolute atomic E-state index is 6.63. The standard InChI is InChI=1S/C64H39N3OS/c1-4-18-40(19-5-1)61-65-62(67-63(66-61)51-31-15-29-48-47-26-11-13-35-57(47)69-60(48)51)50-30-17-34-56-59(50)52-39-42(36-37-55(52)68-56)41-20-14-21-43(38-41)46-28-16-33-54-58(46)49-27-10-12-32-53(49)64(54,44-22-6-2-7-23-44)45-24-8-3-9-25-45/h1-39H. The van der Waals surface area contributed by atoms with Gasteiger partial charge in [0.2, 0.25) is 0 Å². The lowest BCUT2D eigenvalue weighted by Gasteiger charge is -2.34. The zero-order chi connectivity index (χ0) is 45.5. The van der Waals surface area contributed by atoms with E-state index < -0.39 is 5.41 Å². The van der Waals surface area contributed by atoms with Gasteiger partial charge in [0.1, 0.15) is 11.2 Å². The summed E-state index contributed by atoms with van der Waals surface area (Å²) in [6.07, 6.45) is 0. The summed E-state index contributed by atoms with van der Waals surface area (Å²) in [5.74, 6) is 1.85. The van der Waals surface area contributed by atoms with Gasteiger partial charge in [0.15, 0.2) is 17.5 Å². The molecule has 4 nitrogen and oxygen atoms in total. The average Bonchev–Trinajstić information content (AvgIpc) is 4.10. The number of hydrogen-bond donors (Lipinski definition) is 0. The van der Waals surface area contributed by atoms with E-state index in [1.807, 2.05) is 30.3 Å². The predicted molar refractivity (Wildman–Crippen MR) is 284 cm³/mol. The maximum atomic E-state index is 6.63. The summed E-state index contributed by atoms with van der Waals surface area (Å²) >= 11 is 1.78. The molecule has 0 saturated carbocycles. The molecule has 1 aliphatic carbocycles. The second kappa shape index (κ2) is 15.7. The minimum Gasteiger partial charge on any atom is -0.456 e. The van der Waals surface area contributed by atoms with E-state index in [0.29, 0.717) is 17.5 Å². The number of nitrogens with zero attached hydrogens (tertiary/aromatic N) is 3. The lowest BCUT2D eigenvalue weighted by Crippen LogP contribution is -2.28. The van der Waals surface area contributed by atoms with Crippen LogP contribution < -0.4 is 0 Å². The van der Waals surface area contributed by atoms with Crippen LogP contribution in [0, 0.1) is 0 Å². The summed E-state index contributed by atoms with van der Waals surface area (Å²) in [6, 6.07) is 84.7. The molecule has 3 aromatic heterocycles. The fraction of sp³-hybridized carbons (Fsp3) is 0.0156. The van der Waals surface area contributed by atoms with Gasteiger partial charge in [0.25, 0.3) is 0 Å². The first-order valence-corrected chi connectivity index (χ1v) is 24.2. The maximum Gasteiger partial charge on any atom is 0.165 e. The summed E-state index contributed by atoms with van der Waals surface area (Å²) < 4.78 is 9.02. The minimum absolute atomic E-state index is 0.472. The number of aromatic nitrogens is 3. The summed E-state index contributed by atoms with van der Waals surface area (Å²) in [5, 5.41) is 4.41. The number of benzene rings is 10. The van der Waals surface area contributed by atoms with Gasteiger partial charge in [0, 0.05) is 47.6 Å². The molecule has 0 aliphatic heterocycles. The van der Waals surface area contributed by atoms with Gasteiger partial charge < -0.3 is 4.42 Å². The van der Waals surface area contributed by atoms with Gasteiger partial charge in [-0.2, -0.15) is 0 Å². The molecule has 0 radical (unpaired) electrons. The molecular weight excluding hydrogens is 859 g/mol. The van der Waals surface area contributed by atoms with E-state index in [9.17, 15) is 0 Å². The highest BCUT2D eigenvalue weighted by molar-refractivity contribution is 7.26. The molecule has 1 aliphatic rings. The Morgan fingerprint density at radius 2 is 0.913 bits per heavy atom. The van der Waals surface area contributed by atoms with Crippen LogP contribution in [-0.2, 0) is 5.41 Å². The Morgan fingerprint density at radius 1 is 0.348 bits per heavy atom. The molecule has 14 rings (SSSR count). The molecule has 0 saturated heterocycles. The third-order valence-electron chi connectivity index (χ3n) is 14.0. The summed E-state index contributed by atoms with van der Waals surface area (Å²) in [5.41, 5.74) is 16.1. The van der Waals surface area contributed by atoms with Gasteiger partial charge in [-0.15, -0.1) is 11.3 Å². The van der Waals surface area contributed by atoms with E-state index in [1.54, 1.807) is 11.3 Å². The molecule has 0 atom stereocenters. The minimum atomic E-state index is -0.472. The molecule has 0 bridgehead atoms. The zero-order valence-electron chi connectivity index (χ0n) is 37.2. The molecule has 0 amide bonds. The van der Waals surface area contributed by atoms with Crippen LogP contribution in [0.25, 0.3) is 110 Å². The van der Waals surface area contributed by atoms with Crippen molar-refractivity contribution in [1.29, 1.82) is 0 Å². The molecule has 322 valence electrons. The van der Waals surface area contributed by atoms with Gasteiger partial charge in [-0.05, 0) is 92.0 Å². The highest BCUT2D eigenvalue weighted by Gasteiger charge is 2.46. The lowest BCUT2D eigenvalue weighted by atomic mass is 9.67. The highest BCUT2D eigenvalue weighted by Crippen LogP contribution is 2.58. The van der Waals surface area contributed by atoms with Crippen molar-refractivity contribution in [2.45, 2.75) is 5.41 Å². The van der Waals surface area contributed by atoms with Crippen LogP contribution in [0.3, 0.4) is 0 Å². The van der Waals surface area contributed by atoms with Crippen LogP contribution >= 0.6 is 11.3 Å². The summed E-state index contributed by atoms with van der Waals surface area (Å²) in [4.78, 5) is 15.7. The normalized spacial score (nSPS) is 12.8. The van der Waals surface area contributed by atoms with Gasteiger partial charge in [-0.1, -0.05) is 200 Å². The molecule has 0 fully saturated rings. The fourth-order valence-electron chi connectivity index (χ4n) is 11.0. The van der Waals surface area contributed by atoms with Crippen molar-refractivity contribution in [2.75, 3.05) is 0 Å². The molecule has 0 unspecified atom stereocenters. The SMILES string of the molecule is c1ccc(-c2nc(-c3cccc4c3sc3ccccc34)nc(-c3cccc4oc5ccc(-c6cccc(-c7cccc8c7-c7ccccc7C8(c7ccccc7)c7ccccc7)c6)cc5c34)n2)cc1. The molecule has 13 aromatic rings. The van der Waals surface area contributed by atoms with Crippen molar-refractivity contribution in [1.82, 2.24) is 15.0 Å². The largest absolute Gasteiger partial charge is 0.456 e. The molecule has 10 aromatic carbocycles. The first kappa shape index (κ1) is 39.4. The van der Waals surface area contributed by atoms with Crippen molar-refractivity contribution in [3.05, 3.63) is 259 Å². The van der Waals surface area contributed by atoms with E-state index >= 15 is 0 Å². The van der Waals surface area contributed by atoms with Crippen molar-refractivity contribution in [3.8, 4) is 67.5 Å². The van der Waals surface area contributed by atoms with E-state index in [0.717, 1.165) is 60.0 Å². The molecule has 0 N–H and O–H groups in total. The lowest BCUT2D eigenvalue weighted by molar-refractivity contribution is 0.669. The van der Waals surface area contributed by atoms with Crippen LogP contribution in [0.5, 0.6) is 0 Å². The monoisotopic (exact) mass is 897 g/mol. The van der Waals surface area contributed by atoms with Gasteiger partial charge in [-0.3, -0.25) is 0 Å². The Balaban J connectivity index is 0.925. The van der Waals surface area contributed by atoms with Gasteiger partial charge in [0.05, 0.1) is 5.41 Å². The number of fused-ring (bicyclic) bond motifs is 9. The van der Waals surface area contributed by atoms with Gasteiger partial charge >= 0.3 is 0 Å². The summed E-state index contributed by atoms with van der Waals surface area (Å²) in [7, 11) is 0. The Hall–Kier alpha value is -8.77. The smallest absolute Gasteiger partial charge is 0.165 e. The third kappa shape index (κ3) is 6.11. The molecular formula is C64H39N3OS. The molecule has 5 heteroatoms. The van der Waals surface area contributed by atoms with E-state index in [-0.39, 0.29) is 0 Å². The van der Waals surface area contributed by atoms with Crippen molar-refractivity contribution in [2.24, 2.45) is 0 Å². The van der Waals surface area contributed by atoms with Crippen molar-refractivity contribution >= 4 is 53.4 Å². The molecule has 3 heterocycles. The Labute approximate surface area is 402 Å². The van der Waals surface area contributed by atoms with E-state index in [1.165, 1.54) is 54.4 Å². The van der Waals surface area contributed by atoms with E-state index in [4.69, 9.17) is 19.4 Å². The molecule has 69 heavy (non-hydrogen) atoms. The van der Waals surface area contributed by atoms with Crippen molar-refractivity contribution < 1.29 is 4.42 Å². The average molecular weight is 898 g/mol.